The second kappa shape index (κ2) is 7.68. The molecular weight excluding hydrogens is 408 g/mol. The third-order valence-electron chi connectivity index (χ3n) is 4.94. The van der Waals surface area contributed by atoms with Crippen LogP contribution in [0.4, 0.5) is 9.80 Å². The van der Waals surface area contributed by atoms with Gasteiger partial charge in [-0.3, -0.25) is 14.5 Å². The molecular formula is C20H18N4O5S. The van der Waals surface area contributed by atoms with E-state index < -0.39 is 29.9 Å². The minimum atomic E-state index is -1.34. The summed E-state index contributed by atoms with van der Waals surface area (Å²) >= 11 is 1.19. The van der Waals surface area contributed by atoms with Gasteiger partial charge in [0.15, 0.2) is 11.5 Å². The van der Waals surface area contributed by atoms with Crippen LogP contribution in [0, 0.1) is 11.3 Å². The van der Waals surface area contributed by atoms with E-state index in [9.17, 15) is 14.4 Å². The number of thiophene rings is 1. The van der Waals surface area contributed by atoms with Gasteiger partial charge in [0.2, 0.25) is 5.91 Å². The molecule has 0 radical (unpaired) electrons. The van der Waals surface area contributed by atoms with E-state index in [1.165, 1.54) is 11.3 Å². The first kappa shape index (κ1) is 19.7. The molecule has 1 aromatic heterocycles. The number of nitriles is 1. The van der Waals surface area contributed by atoms with Crippen LogP contribution >= 0.6 is 11.3 Å². The first-order chi connectivity index (χ1) is 14.4. The Labute approximate surface area is 176 Å². The summed E-state index contributed by atoms with van der Waals surface area (Å²) in [5.41, 5.74) is -0.497. The molecule has 2 aromatic rings. The normalized spacial score (nSPS) is 20.3. The van der Waals surface area contributed by atoms with E-state index in [0.29, 0.717) is 40.8 Å². The number of fused-ring (bicyclic) bond motifs is 1. The number of ether oxygens (including phenoxy) is 2. The Kier molecular flexibility index (Phi) is 5.05. The minimum absolute atomic E-state index is 0.322. The number of hydrogen-bond acceptors (Lipinski definition) is 7. The third-order valence-corrected chi connectivity index (χ3v) is 5.77. The molecule has 30 heavy (non-hydrogen) atoms. The van der Waals surface area contributed by atoms with E-state index in [-0.39, 0.29) is 0 Å². The number of rotatable bonds is 4. The van der Waals surface area contributed by atoms with Crippen molar-refractivity contribution in [3.05, 3.63) is 40.8 Å². The fraction of sp³-hybridized carbons (Fsp3) is 0.300. The zero-order valence-electron chi connectivity index (χ0n) is 16.1. The van der Waals surface area contributed by atoms with Gasteiger partial charge < -0.3 is 20.1 Å². The maximum Gasteiger partial charge on any atom is 0.325 e. The molecule has 1 fully saturated rings. The van der Waals surface area contributed by atoms with Crippen LogP contribution in [0.15, 0.2) is 29.6 Å². The summed E-state index contributed by atoms with van der Waals surface area (Å²) in [5.74, 6) is -0.0347. The highest BCUT2D eigenvalue weighted by molar-refractivity contribution is 7.14. The zero-order chi connectivity index (χ0) is 21.3. The molecule has 1 saturated heterocycles. The van der Waals surface area contributed by atoms with Crippen molar-refractivity contribution in [3.63, 3.8) is 0 Å². The summed E-state index contributed by atoms with van der Waals surface area (Å²) in [7, 11) is 0. The van der Waals surface area contributed by atoms with Gasteiger partial charge in [0.05, 0.1) is 18.8 Å². The molecule has 0 spiro atoms. The highest BCUT2D eigenvalue weighted by Gasteiger charge is 2.49. The van der Waals surface area contributed by atoms with Gasteiger partial charge in [-0.2, -0.15) is 5.26 Å². The quantitative estimate of drug-likeness (QED) is 0.723. The smallest absolute Gasteiger partial charge is 0.325 e. The van der Waals surface area contributed by atoms with Crippen molar-refractivity contribution in [2.24, 2.45) is 0 Å². The van der Waals surface area contributed by atoms with Crippen LogP contribution in [0.3, 0.4) is 0 Å². The van der Waals surface area contributed by atoms with Crippen molar-refractivity contribution in [2.75, 3.05) is 25.1 Å². The molecule has 0 saturated carbocycles. The lowest BCUT2D eigenvalue weighted by Crippen LogP contribution is -2.42. The van der Waals surface area contributed by atoms with Crippen LogP contribution in [0.1, 0.15) is 24.5 Å². The fourth-order valence-corrected chi connectivity index (χ4v) is 4.07. The van der Waals surface area contributed by atoms with Gasteiger partial charge in [0.25, 0.3) is 5.91 Å². The lowest BCUT2D eigenvalue weighted by molar-refractivity contribution is -0.133. The Morgan fingerprint density at radius 2 is 2.07 bits per heavy atom. The van der Waals surface area contributed by atoms with Crippen molar-refractivity contribution in [2.45, 2.75) is 18.9 Å². The minimum Gasteiger partial charge on any atom is -0.490 e. The fourth-order valence-electron chi connectivity index (χ4n) is 3.31. The molecule has 9 nitrogen and oxygen atoms in total. The van der Waals surface area contributed by atoms with Gasteiger partial charge in [0, 0.05) is 6.42 Å². The Hall–Kier alpha value is -3.58. The van der Waals surface area contributed by atoms with Gasteiger partial charge in [-0.05, 0) is 36.1 Å². The first-order valence-corrected chi connectivity index (χ1v) is 10.1. The van der Waals surface area contributed by atoms with Crippen LogP contribution in [0.25, 0.3) is 0 Å². The maximum absolute atomic E-state index is 13.1. The molecule has 0 bridgehead atoms. The number of amides is 4. The summed E-state index contributed by atoms with van der Waals surface area (Å²) < 4.78 is 11.3. The predicted molar refractivity (Wildman–Crippen MR) is 107 cm³/mol. The molecule has 1 atom stereocenters. The molecule has 3 heterocycles. The highest BCUT2D eigenvalue weighted by atomic mass is 32.1. The van der Waals surface area contributed by atoms with E-state index in [0.717, 1.165) is 11.3 Å². The maximum atomic E-state index is 13.1. The number of benzene rings is 1. The molecule has 0 unspecified atom stereocenters. The van der Waals surface area contributed by atoms with Crippen LogP contribution < -0.4 is 20.1 Å². The van der Waals surface area contributed by atoms with Crippen molar-refractivity contribution in [1.29, 1.82) is 5.26 Å². The largest absolute Gasteiger partial charge is 0.490 e. The van der Waals surface area contributed by atoms with Crippen LogP contribution in [-0.2, 0) is 15.1 Å². The number of nitrogens with one attached hydrogen (secondary N) is 2. The molecule has 2 N–H and O–H groups in total. The Morgan fingerprint density at radius 3 is 2.83 bits per heavy atom. The van der Waals surface area contributed by atoms with Crippen molar-refractivity contribution in [1.82, 2.24) is 10.2 Å². The van der Waals surface area contributed by atoms with E-state index in [2.05, 4.69) is 10.6 Å². The molecule has 4 amide bonds. The standard InChI is InChI=1S/C20H18N4O5S/c1-20(13-3-4-14-15(9-13)29-7-2-6-28-14)18(26)24(19(27)23-20)11-16(25)22-17-12(10-21)5-8-30-17/h3-5,8-9H,2,6-7,11H2,1H3,(H,22,25)(H,23,27)/t20-/m0/s1. The summed E-state index contributed by atoms with van der Waals surface area (Å²) in [6.45, 7) is 2.15. The van der Waals surface area contributed by atoms with Gasteiger partial charge in [-0.25, -0.2) is 4.79 Å². The summed E-state index contributed by atoms with van der Waals surface area (Å²) in [6.07, 6.45) is 0.748. The topological polar surface area (TPSA) is 121 Å². The third kappa shape index (κ3) is 3.44. The average molecular weight is 426 g/mol. The summed E-state index contributed by atoms with van der Waals surface area (Å²) in [4.78, 5) is 38.8. The van der Waals surface area contributed by atoms with Crippen molar-refractivity contribution in [3.8, 4) is 17.6 Å². The summed E-state index contributed by atoms with van der Waals surface area (Å²) in [5, 5.41) is 16.3. The molecule has 4 rings (SSSR count). The number of carbonyl (C=O) groups excluding carboxylic acids is 3. The molecule has 2 aliphatic rings. The number of nitrogens with zero attached hydrogens (tertiary/aromatic N) is 2. The van der Waals surface area contributed by atoms with Crippen molar-refractivity contribution >= 4 is 34.2 Å². The van der Waals surface area contributed by atoms with E-state index in [1.54, 1.807) is 36.6 Å². The second-order valence-corrected chi connectivity index (χ2v) is 7.90. The molecule has 10 heteroatoms. The van der Waals surface area contributed by atoms with E-state index in [1.807, 2.05) is 6.07 Å². The monoisotopic (exact) mass is 426 g/mol. The number of carbonyl (C=O) groups is 3. The predicted octanol–water partition coefficient (Wildman–Crippen LogP) is 2.19. The van der Waals surface area contributed by atoms with Crippen LogP contribution in [0.2, 0.25) is 0 Å². The van der Waals surface area contributed by atoms with Gasteiger partial charge in [-0.15, -0.1) is 11.3 Å². The SMILES string of the molecule is C[C@@]1(c2ccc3c(c2)OCCCO3)NC(=O)N(CC(=O)Nc2sccc2C#N)C1=O. The Morgan fingerprint density at radius 1 is 1.30 bits per heavy atom. The molecule has 0 aliphatic carbocycles. The molecule has 154 valence electrons. The van der Waals surface area contributed by atoms with E-state index >= 15 is 0 Å². The number of imide groups is 1. The van der Waals surface area contributed by atoms with E-state index in [4.69, 9.17) is 14.7 Å². The van der Waals surface area contributed by atoms with Gasteiger partial charge >= 0.3 is 6.03 Å². The van der Waals surface area contributed by atoms with Crippen LogP contribution in [0.5, 0.6) is 11.5 Å². The number of urea groups is 1. The number of anilines is 1. The number of hydrogen-bond donors (Lipinski definition) is 2. The molecule has 1 aromatic carbocycles. The summed E-state index contributed by atoms with van der Waals surface area (Å²) in [6, 6.07) is 7.95. The zero-order valence-corrected chi connectivity index (χ0v) is 16.9. The average Bonchev–Trinajstić information content (AvgIpc) is 3.15. The lowest BCUT2D eigenvalue weighted by Gasteiger charge is -2.23. The Bertz CT molecular complexity index is 1080. The van der Waals surface area contributed by atoms with Crippen LogP contribution in [-0.4, -0.2) is 42.5 Å². The van der Waals surface area contributed by atoms with Crippen molar-refractivity contribution < 1.29 is 23.9 Å². The lowest BCUT2D eigenvalue weighted by atomic mass is 9.91. The Balaban J connectivity index is 1.52. The highest BCUT2D eigenvalue weighted by Crippen LogP contribution is 2.36. The van der Waals surface area contributed by atoms with Gasteiger partial charge in [0.1, 0.15) is 23.2 Å². The second-order valence-electron chi connectivity index (χ2n) is 6.98. The van der Waals surface area contributed by atoms with Gasteiger partial charge in [-0.1, -0.05) is 6.07 Å². The first-order valence-electron chi connectivity index (χ1n) is 9.24. The molecule has 2 aliphatic heterocycles.